The van der Waals surface area contributed by atoms with Crippen molar-refractivity contribution in [3.63, 3.8) is 0 Å². The second kappa shape index (κ2) is 9.67. The van der Waals surface area contributed by atoms with Crippen LogP contribution in [0.5, 0.6) is 5.75 Å². The average molecular weight is 521 g/mol. The molecule has 0 aliphatic heterocycles. The molecule has 1 aromatic heterocycles. The fourth-order valence-electron chi connectivity index (χ4n) is 2.85. The third kappa shape index (κ3) is 5.14. The molecule has 1 heterocycles. The predicted molar refractivity (Wildman–Crippen MR) is 125 cm³/mol. The Morgan fingerprint density at radius 1 is 1.17 bits per heavy atom. The Hall–Kier alpha value is -1.99. The summed E-state index contributed by atoms with van der Waals surface area (Å²) in [6, 6.07) is 11.3. The second-order valence-electron chi connectivity index (χ2n) is 6.82. The van der Waals surface area contributed by atoms with E-state index in [1.54, 1.807) is 12.3 Å². The highest BCUT2D eigenvalue weighted by molar-refractivity contribution is 9.10. The Labute approximate surface area is 187 Å². The van der Waals surface area contributed by atoms with Crippen molar-refractivity contribution in [1.82, 2.24) is 9.66 Å². The Morgan fingerprint density at radius 3 is 2.62 bits per heavy atom. The fraction of sp³-hybridized carbons (Fsp3) is 0.318. The van der Waals surface area contributed by atoms with Gasteiger partial charge in [0.15, 0.2) is 0 Å². The second-order valence-corrected chi connectivity index (χ2v) is 8.65. The van der Waals surface area contributed by atoms with E-state index < -0.39 is 0 Å². The van der Waals surface area contributed by atoms with Crippen LogP contribution in [-0.2, 0) is 6.42 Å². The molecule has 3 aromatic rings. The van der Waals surface area contributed by atoms with Gasteiger partial charge in [-0.1, -0.05) is 45.7 Å². The SMILES string of the molecule is CCCc1nc2ccc(Br)cc2c(=O)n1N=Cc1cc(Br)ccc1O[C@H](C)CC. The molecule has 0 aliphatic rings. The molecule has 0 aliphatic carbocycles. The smallest absolute Gasteiger partial charge is 0.282 e. The Balaban J connectivity index is 2.11. The van der Waals surface area contributed by atoms with Crippen molar-refractivity contribution in [3.8, 4) is 5.75 Å². The molecular formula is C22H23Br2N3O2. The maximum absolute atomic E-state index is 13.1. The molecular weight excluding hydrogens is 498 g/mol. The summed E-state index contributed by atoms with van der Waals surface area (Å²) in [7, 11) is 0. The van der Waals surface area contributed by atoms with Crippen LogP contribution in [0.4, 0.5) is 0 Å². The molecule has 1 atom stereocenters. The zero-order valence-electron chi connectivity index (χ0n) is 16.7. The van der Waals surface area contributed by atoms with E-state index in [2.05, 4.69) is 55.8 Å². The maximum atomic E-state index is 13.1. The summed E-state index contributed by atoms with van der Waals surface area (Å²) in [5, 5.41) is 5.04. The molecule has 3 rings (SSSR count). The number of ether oxygens (including phenoxy) is 1. The number of halogens is 2. The number of aromatic nitrogens is 2. The third-order valence-corrected chi connectivity index (χ3v) is 5.52. The molecule has 0 spiro atoms. The Bertz CT molecular complexity index is 1110. The first kappa shape index (κ1) is 21.7. The van der Waals surface area contributed by atoms with Gasteiger partial charge >= 0.3 is 0 Å². The van der Waals surface area contributed by atoms with Crippen LogP contribution in [0, 0.1) is 0 Å². The van der Waals surface area contributed by atoms with Crippen molar-refractivity contribution in [2.75, 3.05) is 0 Å². The van der Waals surface area contributed by atoms with Crippen molar-refractivity contribution >= 4 is 49.0 Å². The fourth-order valence-corrected chi connectivity index (χ4v) is 3.59. The number of benzene rings is 2. The zero-order chi connectivity index (χ0) is 21.0. The first-order chi connectivity index (χ1) is 13.9. The molecule has 2 aromatic carbocycles. The van der Waals surface area contributed by atoms with Crippen molar-refractivity contribution in [3.05, 3.63) is 67.1 Å². The highest BCUT2D eigenvalue weighted by Crippen LogP contribution is 2.23. The summed E-state index contributed by atoms with van der Waals surface area (Å²) in [5.41, 5.74) is 1.29. The van der Waals surface area contributed by atoms with Crippen molar-refractivity contribution in [2.45, 2.75) is 46.1 Å². The lowest BCUT2D eigenvalue weighted by atomic mass is 10.2. The lowest BCUT2D eigenvalue weighted by molar-refractivity contribution is 0.217. The van der Waals surface area contributed by atoms with E-state index in [9.17, 15) is 4.79 Å². The molecule has 0 N–H and O–H groups in total. The van der Waals surface area contributed by atoms with E-state index in [-0.39, 0.29) is 11.7 Å². The Kier molecular flexibility index (Phi) is 7.24. The van der Waals surface area contributed by atoms with E-state index in [1.807, 2.05) is 37.3 Å². The van der Waals surface area contributed by atoms with Gasteiger partial charge in [0, 0.05) is 20.9 Å². The number of hydrogen-bond acceptors (Lipinski definition) is 4. The standard InChI is InChI=1S/C22H23Br2N3O2/c1-4-6-21-26-19-9-7-17(24)12-18(19)22(28)27(21)25-13-15-11-16(23)8-10-20(15)29-14(3)5-2/h7-14H,4-6H2,1-3H3/t14-/m1/s1. The summed E-state index contributed by atoms with van der Waals surface area (Å²) in [5.74, 6) is 1.37. The molecule has 0 amide bonds. The molecule has 0 saturated heterocycles. The largest absolute Gasteiger partial charge is 0.490 e. The minimum absolute atomic E-state index is 0.0846. The molecule has 0 fully saturated rings. The van der Waals surface area contributed by atoms with Gasteiger partial charge in [-0.15, -0.1) is 0 Å². The number of aryl methyl sites for hydroxylation is 1. The summed E-state index contributed by atoms with van der Waals surface area (Å²) >= 11 is 6.92. The number of rotatable bonds is 7. The lowest BCUT2D eigenvalue weighted by Gasteiger charge is -2.15. The molecule has 0 bridgehead atoms. The first-order valence-electron chi connectivity index (χ1n) is 9.64. The molecule has 0 unspecified atom stereocenters. The van der Waals surface area contributed by atoms with E-state index in [4.69, 9.17) is 4.74 Å². The van der Waals surface area contributed by atoms with Crippen LogP contribution < -0.4 is 10.3 Å². The molecule has 152 valence electrons. The maximum Gasteiger partial charge on any atom is 0.282 e. The van der Waals surface area contributed by atoms with E-state index >= 15 is 0 Å². The van der Waals surface area contributed by atoms with Gasteiger partial charge in [0.2, 0.25) is 0 Å². The monoisotopic (exact) mass is 519 g/mol. The van der Waals surface area contributed by atoms with Gasteiger partial charge in [-0.25, -0.2) is 4.98 Å². The molecule has 7 heteroatoms. The lowest BCUT2D eigenvalue weighted by Crippen LogP contribution is -2.22. The van der Waals surface area contributed by atoms with Crippen LogP contribution in [0.3, 0.4) is 0 Å². The minimum atomic E-state index is -0.185. The molecule has 0 saturated carbocycles. The van der Waals surface area contributed by atoms with Crippen LogP contribution in [0.25, 0.3) is 10.9 Å². The minimum Gasteiger partial charge on any atom is -0.490 e. The number of nitrogens with zero attached hydrogens (tertiary/aromatic N) is 3. The van der Waals surface area contributed by atoms with Crippen LogP contribution in [0.1, 0.15) is 45.0 Å². The normalized spacial score (nSPS) is 12.6. The van der Waals surface area contributed by atoms with Crippen molar-refractivity contribution in [2.24, 2.45) is 5.10 Å². The van der Waals surface area contributed by atoms with E-state index in [0.717, 1.165) is 33.1 Å². The highest BCUT2D eigenvalue weighted by Gasteiger charge is 2.11. The van der Waals surface area contributed by atoms with Gasteiger partial charge in [-0.05, 0) is 56.2 Å². The van der Waals surface area contributed by atoms with E-state index in [1.165, 1.54) is 4.68 Å². The predicted octanol–water partition coefficient (Wildman–Crippen LogP) is 5.93. The van der Waals surface area contributed by atoms with Crippen LogP contribution in [0.15, 0.2) is 55.2 Å². The number of fused-ring (bicyclic) bond motifs is 1. The first-order valence-corrected chi connectivity index (χ1v) is 11.2. The summed E-state index contributed by atoms with van der Waals surface area (Å²) in [4.78, 5) is 17.8. The van der Waals surface area contributed by atoms with Crippen molar-refractivity contribution < 1.29 is 4.74 Å². The van der Waals surface area contributed by atoms with Gasteiger partial charge in [0.1, 0.15) is 11.6 Å². The van der Waals surface area contributed by atoms with Gasteiger partial charge < -0.3 is 4.74 Å². The molecule has 5 nitrogen and oxygen atoms in total. The molecule has 0 radical (unpaired) electrons. The van der Waals surface area contributed by atoms with Gasteiger partial charge in [-0.3, -0.25) is 4.79 Å². The third-order valence-electron chi connectivity index (χ3n) is 4.54. The van der Waals surface area contributed by atoms with Crippen molar-refractivity contribution in [1.29, 1.82) is 0 Å². The van der Waals surface area contributed by atoms with E-state index in [0.29, 0.717) is 23.1 Å². The van der Waals surface area contributed by atoms with Gasteiger partial charge in [-0.2, -0.15) is 9.78 Å². The summed E-state index contributed by atoms with van der Waals surface area (Å²) in [6.07, 6.45) is 4.17. The zero-order valence-corrected chi connectivity index (χ0v) is 19.8. The van der Waals surface area contributed by atoms with Crippen LogP contribution in [-0.4, -0.2) is 22.0 Å². The van der Waals surface area contributed by atoms with Gasteiger partial charge in [0.05, 0.1) is 23.2 Å². The van der Waals surface area contributed by atoms with Crippen LogP contribution >= 0.6 is 31.9 Å². The van der Waals surface area contributed by atoms with Gasteiger partial charge in [0.25, 0.3) is 5.56 Å². The van der Waals surface area contributed by atoms with Crippen LogP contribution in [0.2, 0.25) is 0 Å². The summed E-state index contributed by atoms with van der Waals surface area (Å²) in [6.45, 7) is 6.16. The number of hydrogen-bond donors (Lipinski definition) is 0. The molecule has 29 heavy (non-hydrogen) atoms. The highest BCUT2D eigenvalue weighted by atomic mass is 79.9. The summed E-state index contributed by atoms with van der Waals surface area (Å²) < 4.78 is 9.15. The Morgan fingerprint density at radius 2 is 1.90 bits per heavy atom. The topological polar surface area (TPSA) is 56.5 Å². The average Bonchev–Trinajstić information content (AvgIpc) is 2.70. The quantitative estimate of drug-likeness (QED) is 0.362.